The van der Waals surface area contributed by atoms with E-state index in [1.807, 2.05) is 0 Å². The zero-order chi connectivity index (χ0) is 31.0. The zero-order valence-corrected chi connectivity index (χ0v) is 28.1. The number of rotatable bonds is 33. The van der Waals surface area contributed by atoms with E-state index in [1.165, 1.54) is 128 Å². The highest BCUT2D eigenvalue weighted by molar-refractivity contribution is 5.70. The molecule has 0 aromatic heterocycles. The molecule has 0 heterocycles. The summed E-state index contributed by atoms with van der Waals surface area (Å²) in [7, 11) is 0. The van der Waals surface area contributed by atoms with E-state index in [0.29, 0.717) is 12.8 Å². The van der Waals surface area contributed by atoms with Crippen LogP contribution in [0.2, 0.25) is 0 Å². The summed E-state index contributed by atoms with van der Waals surface area (Å²) in [4.78, 5) is 24.3. The molecule has 0 radical (unpaired) electrons. The van der Waals surface area contributed by atoms with Gasteiger partial charge in [-0.25, -0.2) is 0 Å². The number of aliphatic hydroxyl groups excluding tert-OH is 1. The first-order chi connectivity index (χ1) is 20.5. The van der Waals surface area contributed by atoms with Crippen LogP contribution in [0.25, 0.3) is 0 Å². The molecule has 0 aromatic carbocycles. The third-order valence-electron chi connectivity index (χ3n) is 8.33. The van der Waals surface area contributed by atoms with Crippen molar-refractivity contribution in [3.8, 4) is 0 Å². The van der Waals surface area contributed by atoms with Crippen molar-refractivity contribution >= 4 is 11.9 Å². The molecule has 6 nitrogen and oxygen atoms in total. The molecule has 0 aliphatic heterocycles. The average Bonchev–Trinajstić information content (AvgIpc) is 2.99. The molecule has 0 unspecified atom stereocenters. The van der Waals surface area contributed by atoms with Crippen LogP contribution in [0.3, 0.4) is 0 Å². The molecule has 6 heteroatoms. The Balaban J connectivity index is 3.65. The van der Waals surface area contributed by atoms with Gasteiger partial charge in [0.05, 0.1) is 6.61 Å². The van der Waals surface area contributed by atoms with Crippen LogP contribution < -0.4 is 5.73 Å². The molecule has 0 aliphatic rings. The van der Waals surface area contributed by atoms with Crippen LogP contribution in [0.4, 0.5) is 0 Å². The van der Waals surface area contributed by atoms with Gasteiger partial charge in [0, 0.05) is 12.8 Å². The smallest absolute Gasteiger partial charge is 0.305 e. The predicted octanol–water partition coefficient (Wildman–Crippen LogP) is 9.73. The van der Waals surface area contributed by atoms with Crippen LogP contribution in [0.15, 0.2) is 0 Å². The van der Waals surface area contributed by atoms with Crippen LogP contribution in [0, 0.1) is 0 Å². The van der Waals surface area contributed by atoms with Gasteiger partial charge in [0.25, 0.3) is 0 Å². The van der Waals surface area contributed by atoms with E-state index in [1.54, 1.807) is 0 Å². The molecule has 0 saturated carbocycles. The molecule has 0 atom stereocenters. The minimum atomic E-state index is -1.25. The van der Waals surface area contributed by atoms with Gasteiger partial charge in [-0.3, -0.25) is 9.59 Å². The Morgan fingerprint density at radius 3 is 0.952 bits per heavy atom. The Hall–Kier alpha value is -1.14. The zero-order valence-electron chi connectivity index (χ0n) is 28.1. The summed E-state index contributed by atoms with van der Waals surface area (Å²) in [5, 5.41) is 9.70. The molecule has 0 aliphatic carbocycles. The summed E-state index contributed by atoms with van der Waals surface area (Å²) in [5.41, 5.74) is 4.89. The van der Waals surface area contributed by atoms with Crippen molar-refractivity contribution < 1.29 is 24.2 Å². The average molecular weight is 598 g/mol. The summed E-state index contributed by atoms with van der Waals surface area (Å²) in [5.74, 6) is -0.612. The Labute approximate surface area is 260 Å². The van der Waals surface area contributed by atoms with Gasteiger partial charge in [0.15, 0.2) is 0 Å². The molecule has 0 bridgehead atoms. The lowest BCUT2D eigenvalue weighted by atomic mass is 10.0. The summed E-state index contributed by atoms with van der Waals surface area (Å²) < 4.78 is 10.6. The van der Waals surface area contributed by atoms with E-state index < -0.39 is 12.1 Å². The number of nitrogens with two attached hydrogens (primary N) is 1. The maximum absolute atomic E-state index is 12.1. The second kappa shape index (κ2) is 31.3. The number of ether oxygens (including phenoxy) is 2. The van der Waals surface area contributed by atoms with Gasteiger partial charge >= 0.3 is 11.9 Å². The van der Waals surface area contributed by atoms with Crippen LogP contribution in [-0.2, 0) is 19.1 Å². The third-order valence-corrected chi connectivity index (χ3v) is 8.33. The van der Waals surface area contributed by atoms with Crippen molar-refractivity contribution in [1.82, 2.24) is 0 Å². The Kier molecular flexibility index (Phi) is 30.4. The van der Waals surface area contributed by atoms with E-state index >= 15 is 0 Å². The van der Waals surface area contributed by atoms with Crippen molar-refractivity contribution in [1.29, 1.82) is 0 Å². The van der Waals surface area contributed by atoms with Crippen molar-refractivity contribution in [2.75, 3.05) is 19.8 Å². The van der Waals surface area contributed by atoms with Gasteiger partial charge < -0.3 is 20.3 Å². The fraction of sp³-hybridized carbons (Fsp3) is 0.944. The van der Waals surface area contributed by atoms with Gasteiger partial charge in [0.2, 0.25) is 0 Å². The molecular formula is C36H71NO5. The fourth-order valence-electron chi connectivity index (χ4n) is 5.30. The van der Waals surface area contributed by atoms with Crippen molar-refractivity contribution in [3.05, 3.63) is 0 Å². The summed E-state index contributed by atoms with van der Waals surface area (Å²) in [6, 6.07) is 0. The number of carbonyl (C=O) groups excluding carboxylic acids is 2. The summed E-state index contributed by atoms with van der Waals surface area (Å²) in [6.07, 6.45) is 33.4. The Morgan fingerprint density at radius 1 is 0.476 bits per heavy atom. The normalized spacial score (nSPS) is 11.6. The van der Waals surface area contributed by atoms with E-state index in [2.05, 4.69) is 13.8 Å². The number of hydrogen-bond acceptors (Lipinski definition) is 6. The lowest BCUT2D eigenvalue weighted by Gasteiger charge is -2.26. The van der Waals surface area contributed by atoms with Crippen LogP contribution >= 0.6 is 0 Å². The monoisotopic (exact) mass is 598 g/mol. The summed E-state index contributed by atoms with van der Waals surface area (Å²) in [6.45, 7) is 3.81. The van der Waals surface area contributed by atoms with E-state index in [0.717, 1.165) is 38.5 Å². The van der Waals surface area contributed by atoms with Crippen molar-refractivity contribution in [3.63, 3.8) is 0 Å². The second-order valence-electron chi connectivity index (χ2n) is 12.8. The summed E-state index contributed by atoms with van der Waals surface area (Å²) >= 11 is 0. The van der Waals surface area contributed by atoms with Crippen molar-refractivity contribution in [2.24, 2.45) is 5.73 Å². The molecule has 0 rings (SSSR count). The van der Waals surface area contributed by atoms with E-state index in [-0.39, 0.29) is 25.2 Å². The van der Waals surface area contributed by atoms with Gasteiger partial charge in [-0.05, 0) is 12.8 Å². The van der Waals surface area contributed by atoms with Gasteiger partial charge in [-0.15, -0.1) is 0 Å². The molecule has 250 valence electrons. The highest BCUT2D eigenvalue weighted by Crippen LogP contribution is 2.15. The first-order valence-corrected chi connectivity index (χ1v) is 18.2. The minimum Gasteiger partial charge on any atom is -0.463 e. The first-order valence-electron chi connectivity index (χ1n) is 18.2. The number of unbranched alkanes of at least 4 members (excludes halogenated alkanes) is 24. The maximum Gasteiger partial charge on any atom is 0.305 e. The quantitative estimate of drug-likeness (QED) is 0.0577. The molecule has 42 heavy (non-hydrogen) atoms. The topological polar surface area (TPSA) is 98.8 Å². The van der Waals surface area contributed by atoms with Crippen LogP contribution in [0.5, 0.6) is 0 Å². The van der Waals surface area contributed by atoms with Crippen LogP contribution in [-0.4, -0.2) is 42.4 Å². The molecule has 0 fully saturated rings. The van der Waals surface area contributed by atoms with E-state index in [4.69, 9.17) is 15.2 Å². The van der Waals surface area contributed by atoms with Crippen molar-refractivity contribution in [2.45, 2.75) is 199 Å². The van der Waals surface area contributed by atoms with E-state index in [9.17, 15) is 14.7 Å². The molecule has 3 N–H and O–H groups in total. The third kappa shape index (κ3) is 29.0. The lowest BCUT2D eigenvalue weighted by Crippen LogP contribution is -2.53. The number of carbonyl (C=O) groups is 2. The second-order valence-corrected chi connectivity index (χ2v) is 12.8. The maximum atomic E-state index is 12.1. The highest BCUT2D eigenvalue weighted by Gasteiger charge is 2.28. The largest absolute Gasteiger partial charge is 0.463 e. The first kappa shape index (κ1) is 40.9. The minimum absolute atomic E-state index is 0.146. The van der Waals surface area contributed by atoms with Gasteiger partial charge in [0.1, 0.15) is 18.8 Å². The molecule has 0 saturated heterocycles. The highest BCUT2D eigenvalue weighted by atomic mass is 16.5. The molecule has 0 spiro atoms. The Bertz CT molecular complexity index is 551. The standard InChI is InChI=1S/C36H71NO5/c1-3-5-7-9-11-13-15-17-19-21-23-25-27-29-34(39)41-32-36(37,31-38)33-42-35(40)30-28-26-24-22-20-18-16-14-12-10-8-6-4-2/h38H,3-33,37H2,1-2H3. The molecule has 0 amide bonds. The van der Waals surface area contributed by atoms with Gasteiger partial charge in [-0.2, -0.15) is 0 Å². The number of esters is 2. The molecule has 0 aromatic rings. The number of hydrogen-bond donors (Lipinski definition) is 2. The lowest BCUT2D eigenvalue weighted by molar-refractivity contribution is -0.151. The fourth-order valence-corrected chi connectivity index (χ4v) is 5.30. The van der Waals surface area contributed by atoms with Gasteiger partial charge in [-0.1, -0.05) is 168 Å². The van der Waals surface area contributed by atoms with Crippen LogP contribution in [0.1, 0.15) is 194 Å². The predicted molar refractivity (Wildman–Crippen MR) is 177 cm³/mol. The Morgan fingerprint density at radius 2 is 0.714 bits per heavy atom. The SMILES string of the molecule is CCCCCCCCCCCCCCCC(=O)OCC(N)(CO)COC(=O)CCCCCCCCCCCCCCC. The number of aliphatic hydroxyl groups is 1. The molecular weight excluding hydrogens is 526 g/mol.